The summed E-state index contributed by atoms with van der Waals surface area (Å²) in [6.45, 7) is 3.71. The molecule has 1 N–H and O–H groups in total. The highest BCUT2D eigenvalue weighted by Crippen LogP contribution is 2.32. The first-order valence-corrected chi connectivity index (χ1v) is 11.0. The Kier molecular flexibility index (Phi) is 12.2. The van der Waals surface area contributed by atoms with E-state index in [-0.39, 0.29) is 12.7 Å². The summed E-state index contributed by atoms with van der Waals surface area (Å²) in [5.41, 5.74) is -2.14. The molecule has 1 aromatic rings. The highest BCUT2D eigenvalue weighted by molar-refractivity contribution is 5.98. The average molecular weight is 448 g/mol. The number of carbonyl (C=O) groups excluding carboxylic acids is 2. The van der Waals surface area contributed by atoms with Gasteiger partial charge in [-0.1, -0.05) is 64.7 Å². The lowest BCUT2D eigenvalue weighted by molar-refractivity contribution is -0.145. The molecule has 176 valence electrons. The Bertz CT molecular complexity index is 692. The number of halogens is 4. The first kappa shape index (κ1) is 26.9. The Morgan fingerprint density at radius 1 is 0.968 bits per heavy atom. The number of benzene rings is 1. The molecule has 0 aliphatic heterocycles. The van der Waals surface area contributed by atoms with Gasteiger partial charge in [-0.3, -0.25) is 4.79 Å². The molecule has 0 radical (unpaired) electrons. The van der Waals surface area contributed by atoms with Crippen LogP contribution in [0.3, 0.4) is 0 Å². The highest BCUT2D eigenvalue weighted by Gasteiger charge is 2.36. The fourth-order valence-corrected chi connectivity index (χ4v) is 3.17. The maximum Gasteiger partial charge on any atom is 0.417 e. The summed E-state index contributed by atoms with van der Waals surface area (Å²) in [6.07, 6.45) is 6.47. The molecule has 0 heterocycles. The van der Waals surface area contributed by atoms with Crippen LogP contribution in [-0.4, -0.2) is 24.5 Å². The monoisotopic (exact) mass is 447 g/mol. The second-order valence-corrected chi connectivity index (χ2v) is 7.73. The quantitative estimate of drug-likeness (QED) is 0.203. The van der Waals surface area contributed by atoms with Crippen molar-refractivity contribution in [1.29, 1.82) is 0 Å². The van der Waals surface area contributed by atoms with E-state index in [0.717, 1.165) is 31.4 Å². The molecule has 1 unspecified atom stereocenters. The molecule has 0 fully saturated rings. The van der Waals surface area contributed by atoms with Gasteiger partial charge in [0.1, 0.15) is 11.9 Å². The zero-order valence-electron chi connectivity index (χ0n) is 18.3. The number of ether oxygens (including phenoxy) is 1. The van der Waals surface area contributed by atoms with Crippen LogP contribution in [0.4, 0.5) is 17.6 Å². The van der Waals surface area contributed by atoms with Gasteiger partial charge >= 0.3 is 12.1 Å². The van der Waals surface area contributed by atoms with Gasteiger partial charge in [0.25, 0.3) is 5.91 Å². The molecule has 1 rings (SSSR count). The summed E-state index contributed by atoms with van der Waals surface area (Å²) in [5.74, 6) is -2.94. The van der Waals surface area contributed by atoms with Crippen LogP contribution in [0.15, 0.2) is 18.2 Å². The van der Waals surface area contributed by atoms with Gasteiger partial charge in [-0.15, -0.1) is 0 Å². The molecule has 0 saturated carbocycles. The van der Waals surface area contributed by atoms with E-state index in [2.05, 4.69) is 12.2 Å². The number of hydrogen-bond donors (Lipinski definition) is 1. The number of nitrogens with one attached hydrogen (secondary N) is 1. The van der Waals surface area contributed by atoms with Gasteiger partial charge in [-0.05, 0) is 31.5 Å². The third kappa shape index (κ3) is 10.6. The fraction of sp³-hybridized carbons (Fsp3) is 0.652. The Morgan fingerprint density at radius 2 is 1.52 bits per heavy atom. The number of hydrogen-bond acceptors (Lipinski definition) is 3. The molecular formula is C23H33F4NO3. The van der Waals surface area contributed by atoms with Crippen molar-refractivity contribution in [2.75, 3.05) is 6.61 Å². The third-order valence-corrected chi connectivity index (χ3v) is 4.98. The lowest BCUT2D eigenvalue weighted by Gasteiger charge is -2.16. The molecule has 8 heteroatoms. The van der Waals surface area contributed by atoms with E-state index in [9.17, 15) is 27.2 Å². The van der Waals surface area contributed by atoms with Crippen molar-refractivity contribution in [3.63, 3.8) is 0 Å². The predicted molar refractivity (Wildman–Crippen MR) is 111 cm³/mol. The van der Waals surface area contributed by atoms with E-state index in [0.29, 0.717) is 6.42 Å². The molecule has 0 saturated heterocycles. The summed E-state index contributed by atoms with van der Waals surface area (Å²) in [6, 6.07) is 0.637. The summed E-state index contributed by atoms with van der Waals surface area (Å²) >= 11 is 0. The predicted octanol–water partition coefficient (Wildman–Crippen LogP) is 6.43. The number of esters is 1. The van der Waals surface area contributed by atoms with E-state index >= 15 is 0 Å². The summed E-state index contributed by atoms with van der Waals surface area (Å²) < 4.78 is 57.4. The number of carbonyl (C=O) groups is 2. The van der Waals surface area contributed by atoms with E-state index < -0.39 is 41.0 Å². The Balaban J connectivity index is 2.30. The minimum atomic E-state index is -4.89. The topological polar surface area (TPSA) is 55.4 Å². The molecule has 1 atom stereocenters. The van der Waals surface area contributed by atoms with Gasteiger partial charge in [0.2, 0.25) is 0 Å². The molecule has 0 aliphatic rings. The summed E-state index contributed by atoms with van der Waals surface area (Å²) in [4.78, 5) is 24.1. The van der Waals surface area contributed by atoms with Gasteiger partial charge in [0, 0.05) is 0 Å². The number of amides is 1. The Labute approximate surface area is 181 Å². The molecule has 0 bridgehead atoms. The van der Waals surface area contributed by atoms with Gasteiger partial charge in [-0.2, -0.15) is 13.2 Å². The smallest absolute Gasteiger partial charge is 0.417 e. The summed E-state index contributed by atoms with van der Waals surface area (Å²) in [7, 11) is 0. The minimum absolute atomic E-state index is 0.194. The molecule has 1 aromatic carbocycles. The molecule has 4 nitrogen and oxygen atoms in total. The standard InChI is InChI=1S/C23H33F4NO3/c1-3-4-5-6-7-8-9-10-11-12-15-31-22(30)17(2)28-21(29)19-14-13-18(24)16-20(19)23(25,26)27/h13-14,16-17H,3-12,15H2,1-2H3,(H,28,29). The normalized spacial score (nSPS) is 12.5. The van der Waals surface area contributed by atoms with Crippen LogP contribution in [-0.2, 0) is 15.7 Å². The molecule has 1 amide bonds. The van der Waals surface area contributed by atoms with Gasteiger partial charge in [0.15, 0.2) is 0 Å². The largest absolute Gasteiger partial charge is 0.464 e. The molecule has 0 aromatic heterocycles. The van der Waals surface area contributed by atoms with Gasteiger partial charge < -0.3 is 10.1 Å². The Hall–Kier alpha value is -2.12. The van der Waals surface area contributed by atoms with Crippen molar-refractivity contribution < 1.29 is 31.9 Å². The highest BCUT2D eigenvalue weighted by atomic mass is 19.4. The van der Waals surface area contributed by atoms with E-state index in [1.54, 1.807) is 0 Å². The van der Waals surface area contributed by atoms with Gasteiger partial charge in [-0.25, -0.2) is 9.18 Å². The zero-order valence-corrected chi connectivity index (χ0v) is 18.3. The van der Waals surface area contributed by atoms with Crippen LogP contribution in [0.25, 0.3) is 0 Å². The van der Waals surface area contributed by atoms with Crippen molar-refractivity contribution >= 4 is 11.9 Å². The van der Waals surface area contributed by atoms with Crippen LogP contribution in [0.5, 0.6) is 0 Å². The zero-order chi connectivity index (χ0) is 23.3. The van der Waals surface area contributed by atoms with Crippen molar-refractivity contribution in [3.05, 3.63) is 35.1 Å². The van der Waals surface area contributed by atoms with E-state index in [4.69, 9.17) is 4.74 Å². The molecule has 31 heavy (non-hydrogen) atoms. The first-order chi connectivity index (χ1) is 14.7. The average Bonchev–Trinajstić information content (AvgIpc) is 2.71. The SMILES string of the molecule is CCCCCCCCCCCCOC(=O)C(C)NC(=O)c1ccc(F)cc1C(F)(F)F. The maximum atomic E-state index is 13.2. The van der Waals surface area contributed by atoms with Crippen molar-refractivity contribution in [3.8, 4) is 0 Å². The van der Waals surface area contributed by atoms with E-state index in [1.807, 2.05) is 0 Å². The molecule has 0 spiro atoms. The van der Waals surface area contributed by atoms with Crippen LogP contribution >= 0.6 is 0 Å². The number of alkyl halides is 3. The third-order valence-electron chi connectivity index (χ3n) is 4.98. The second-order valence-electron chi connectivity index (χ2n) is 7.73. The first-order valence-electron chi connectivity index (χ1n) is 11.0. The number of rotatable bonds is 14. The second kappa shape index (κ2) is 14.0. The minimum Gasteiger partial charge on any atom is -0.464 e. The fourth-order valence-electron chi connectivity index (χ4n) is 3.17. The van der Waals surface area contributed by atoms with Crippen LogP contribution in [0.2, 0.25) is 0 Å². The lowest BCUT2D eigenvalue weighted by atomic mass is 10.1. The van der Waals surface area contributed by atoms with Crippen LogP contribution < -0.4 is 5.32 Å². The molecule has 0 aliphatic carbocycles. The lowest BCUT2D eigenvalue weighted by Crippen LogP contribution is -2.40. The van der Waals surface area contributed by atoms with Crippen LogP contribution in [0.1, 0.15) is 94.0 Å². The van der Waals surface area contributed by atoms with Gasteiger partial charge in [0.05, 0.1) is 17.7 Å². The number of unbranched alkanes of at least 4 members (excludes halogenated alkanes) is 9. The molecular weight excluding hydrogens is 414 g/mol. The van der Waals surface area contributed by atoms with Crippen molar-refractivity contribution in [1.82, 2.24) is 5.32 Å². The van der Waals surface area contributed by atoms with Crippen LogP contribution in [0, 0.1) is 5.82 Å². The maximum absolute atomic E-state index is 13.2. The van der Waals surface area contributed by atoms with Crippen molar-refractivity contribution in [2.45, 2.75) is 90.3 Å². The summed E-state index contributed by atoms with van der Waals surface area (Å²) in [5, 5.41) is 2.18. The van der Waals surface area contributed by atoms with E-state index in [1.165, 1.54) is 45.4 Å². The Morgan fingerprint density at radius 3 is 2.06 bits per heavy atom. The van der Waals surface area contributed by atoms with Crippen molar-refractivity contribution in [2.24, 2.45) is 0 Å².